The Morgan fingerprint density at radius 2 is 2.11 bits per heavy atom. The number of nitrogens with one attached hydrogen (secondary N) is 1. The molecular weight excluding hydrogens is 388 g/mol. The molecule has 0 saturated heterocycles. The summed E-state index contributed by atoms with van der Waals surface area (Å²) in [6.45, 7) is 1.89. The minimum atomic E-state index is -3.51. The first-order valence-corrected chi connectivity index (χ1v) is 10.4. The second-order valence-corrected chi connectivity index (χ2v) is 8.34. The van der Waals surface area contributed by atoms with E-state index in [1.54, 1.807) is 41.9 Å². The summed E-state index contributed by atoms with van der Waals surface area (Å²) in [6.07, 6.45) is 2.21. The zero-order valence-corrected chi connectivity index (χ0v) is 15.8. The molecule has 0 spiro atoms. The normalized spacial score (nSPS) is 16.8. The monoisotopic (exact) mass is 404 g/mol. The summed E-state index contributed by atoms with van der Waals surface area (Å²) in [5, 5.41) is 19.5. The first-order valence-electron chi connectivity index (χ1n) is 8.06. The minimum Gasteiger partial charge on any atom is -0.505 e. The molecule has 0 atom stereocenters. The lowest BCUT2D eigenvalue weighted by molar-refractivity contribution is 0.479. The second kappa shape index (κ2) is 6.50. The van der Waals surface area contributed by atoms with E-state index in [0.29, 0.717) is 22.3 Å². The van der Waals surface area contributed by atoms with E-state index in [9.17, 15) is 19.0 Å². The van der Waals surface area contributed by atoms with Crippen molar-refractivity contribution >= 4 is 50.1 Å². The average molecular weight is 404 g/mol. The van der Waals surface area contributed by atoms with Crippen molar-refractivity contribution in [2.24, 2.45) is 9.50 Å². The fraction of sp³-hybridized carbons (Fsp3) is 0.118. The molecule has 0 fully saturated rings. The lowest BCUT2D eigenvalue weighted by Gasteiger charge is -2.34. The summed E-state index contributed by atoms with van der Waals surface area (Å²) in [7, 11) is -3.51. The molecule has 140 valence electrons. The van der Waals surface area contributed by atoms with Crippen molar-refractivity contribution in [3.8, 4) is 5.75 Å². The van der Waals surface area contributed by atoms with E-state index in [-0.39, 0.29) is 22.0 Å². The number of hydrogen-bond donors (Lipinski definition) is 4. The van der Waals surface area contributed by atoms with Crippen LogP contribution in [0, 0.1) is 0 Å². The molecule has 1 aliphatic heterocycles. The van der Waals surface area contributed by atoms with E-state index < -0.39 is 16.3 Å². The molecule has 4 N–H and O–H groups in total. The first kappa shape index (κ1) is 17.7. The molecule has 0 saturated carbocycles. The molecule has 3 aromatic rings. The number of amidine groups is 1. The zero-order valence-electron chi connectivity index (χ0n) is 14.2. The van der Waals surface area contributed by atoms with E-state index in [0.717, 1.165) is 0 Å². The Labute approximate surface area is 159 Å². The van der Waals surface area contributed by atoms with E-state index >= 15 is 0 Å². The molecule has 0 unspecified atom stereocenters. The minimum absolute atomic E-state index is 0.105. The third-order valence-corrected chi connectivity index (χ3v) is 6.29. The standard InChI is InChI=1S/C17H16N4O4S2/c1-2-8-18-21-11-7-9-26-15(11)14(22)13(17(21)23)16-19-10-5-3-4-6-12(10)27(24,25)20-16/h3-9,22,24-25H,2H2,1H3,(H,19,20)/b18-8+. The Hall–Kier alpha value is -2.66. The Morgan fingerprint density at radius 1 is 1.33 bits per heavy atom. The van der Waals surface area contributed by atoms with Gasteiger partial charge in [0.05, 0.1) is 15.9 Å². The molecular formula is C17H16N4O4S2. The zero-order chi connectivity index (χ0) is 19.2. The lowest BCUT2D eigenvalue weighted by Crippen LogP contribution is -2.30. The van der Waals surface area contributed by atoms with Gasteiger partial charge in [0.15, 0.2) is 11.6 Å². The van der Waals surface area contributed by atoms with Crippen LogP contribution in [0.5, 0.6) is 5.75 Å². The van der Waals surface area contributed by atoms with Crippen LogP contribution in [0.4, 0.5) is 5.69 Å². The van der Waals surface area contributed by atoms with Crippen molar-refractivity contribution in [2.45, 2.75) is 18.2 Å². The van der Waals surface area contributed by atoms with Gasteiger partial charge in [-0.1, -0.05) is 29.8 Å². The number of rotatable bonds is 3. The highest BCUT2D eigenvalue weighted by atomic mass is 32.3. The van der Waals surface area contributed by atoms with Crippen molar-refractivity contribution in [3.63, 3.8) is 0 Å². The molecule has 4 rings (SSSR count). The third kappa shape index (κ3) is 2.82. The Kier molecular flexibility index (Phi) is 4.27. The lowest BCUT2D eigenvalue weighted by atomic mass is 10.2. The van der Waals surface area contributed by atoms with Crippen LogP contribution in [-0.2, 0) is 0 Å². The van der Waals surface area contributed by atoms with Crippen molar-refractivity contribution < 1.29 is 14.2 Å². The summed E-state index contributed by atoms with van der Waals surface area (Å²) in [6, 6.07) is 8.26. The summed E-state index contributed by atoms with van der Waals surface area (Å²) < 4.78 is 26.4. The highest BCUT2D eigenvalue weighted by Gasteiger charge is 2.30. The van der Waals surface area contributed by atoms with E-state index in [1.165, 1.54) is 16.0 Å². The number of hydrogen-bond acceptors (Lipinski definition) is 8. The van der Waals surface area contributed by atoms with Gasteiger partial charge in [0.1, 0.15) is 10.5 Å². The van der Waals surface area contributed by atoms with Gasteiger partial charge in [-0.2, -0.15) is 9.78 Å². The topological polar surface area (TPSA) is 119 Å². The van der Waals surface area contributed by atoms with Crippen molar-refractivity contribution in [1.82, 2.24) is 4.68 Å². The number of pyridine rings is 1. The van der Waals surface area contributed by atoms with Crippen LogP contribution in [-0.4, -0.2) is 30.9 Å². The van der Waals surface area contributed by atoms with Gasteiger partial charge >= 0.3 is 0 Å². The van der Waals surface area contributed by atoms with E-state index in [1.807, 2.05) is 6.92 Å². The fourth-order valence-corrected chi connectivity index (χ4v) is 4.80. The van der Waals surface area contributed by atoms with Crippen LogP contribution in [0.1, 0.15) is 18.9 Å². The van der Waals surface area contributed by atoms with Crippen molar-refractivity contribution in [2.75, 3.05) is 5.32 Å². The maximum Gasteiger partial charge on any atom is 0.286 e. The predicted octanol–water partition coefficient (Wildman–Crippen LogP) is 3.91. The van der Waals surface area contributed by atoms with Gasteiger partial charge in [-0.15, -0.1) is 15.7 Å². The third-order valence-electron chi connectivity index (χ3n) is 4.00. The molecule has 1 aromatic carbocycles. The molecule has 0 aliphatic carbocycles. The summed E-state index contributed by atoms with van der Waals surface area (Å²) in [4.78, 5) is 13.3. The van der Waals surface area contributed by atoms with Crippen LogP contribution >= 0.6 is 22.1 Å². The number of benzene rings is 1. The average Bonchev–Trinajstić information content (AvgIpc) is 3.11. The number of aromatic nitrogens is 1. The fourth-order valence-electron chi connectivity index (χ4n) is 2.81. The molecule has 10 heteroatoms. The number of fused-ring (bicyclic) bond motifs is 2. The van der Waals surface area contributed by atoms with Gasteiger partial charge < -0.3 is 10.4 Å². The predicted molar refractivity (Wildman–Crippen MR) is 110 cm³/mol. The number of anilines is 1. The molecule has 27 heavy (non-hydrogen) atoms. The van der Waals surface area contributed by atoms with Crippen molar-refractivity contribution in [1.29, 1.82) is 0 Å². The molecule has 3 heterocycles. The molecule has 8 nitrogen and oxygen atoms in total. The summed E-state index contributed by atoms with van der Waals surface area (Å²) in [5.41, 5.74) is 0.118. The van der Waals surface area contributed by atoms with Crippen LogP contribution in [0.3, 0.4) is 0 Å². The quantitative estimate of drug-likeness (QED) is 0.494. The SMILES string of the molecule is CC/C=N/n1c(=O)c(C2=NS(O)(O)c3ccccc3N2)c(O)c2sccc21. The highest BCUT2D eigenvalue weighted by Crippen LogP contribution is 2.55. The molecule has 0 radical (unpaired) electrons. The largest absolute Gasteiger partial charge is 0.505 e. The van der Waals surface area contributed by atoms with Crippen LogP contribution in [0.2, 0.25) is 0 Å². The van der Waals surface area contributed by atoms with E-state index in [4.69, 9.17) is 0 Å². The Morgan fingerprint density at radius 3 is 2.89 bits per heavy atom. The number of thiophene rings is 1. The molecule has 1 aliphatic rings. The molecule has 2 aromatic heterocycles. The van der Waals surface area contributed by atoms with Crippen LogP contribution in [0.25, 0.3) is 10.2 Å². The van der Waals surface area contributed by atoms with Gasteiger partial charge in [-0.25, -0.2) is 0 Å². The van der Waals surface area contributed by atoms with Gasteiger partial charge in [0.25, 0.3) is 5.56 Å². The van der Waals surface area contributed by atoms with Crippen LogP contribution in [0.15, 0.2) is 54.9 Å². The van der Waals surface area contributed by atoms with Gasteiger partial charge in [0, 0.05) is 6.21 Å². The molecule has 0 amide bonds. The first-order chi connectivity index (χ1) is 12.9. The summed E-state index contributed by atoms with van der Waals surface area (Å²) in [5.74, 6) is -0.374. The molecule has 0 bridgehead atoms. The number of para-hydroxylation sites is 1. The van der Waals surface area contributed by atoms with E-state index in [2.05, 4.69) is 14.8 Å². The Balaban J connectivity index is 1.99. The van der Waals surface area contributed by atoms with Gasteiger partial charge in [-0.3, -0.25) is 13.9 Å². The smallest absolute Gasteiger partial charge is 0.286 e. The number of nitrogens with zero attached hydrogens (tertiary/aromatic N) is 3. The Bertz CT molecular complexity index is 1160. The van der Waals surface area contributed by atoms with Crippen molar-refractivity contribution in [3.05, 3.63) is 51.6 Å². The highest BCUT2D eigenvalue weighted by molar-refractivity contribution is 8.23. The maximum atomic E-state index is 13.0. The van der Waals surface area contributed by atoms with Crippen LogP contribution < -0.4 is 10.9 Å². The summed E-state index contributed by atoms with van der Waals surface area (Å²) >= 11 is 1.25. The second-order valence-electron chi connectivity index (χ2n) is 5.76. The maximum absolute atomic E-state index is 13.0. The van der Waals surface area contributed by atoms with Gasteiger partial charge in [-0.05, 0) is 30.0 Å². The van der Waals surface area contributed by atoms with Gasteiger partial charge in [0.2, 0.25) is 0 Å². The number of aromatic hydroxyl groups is 1.